The standard InChI is InChI=1S/C15H19N2O/c1-16(2)15-8-10-17(11-9-15)13-18-12-14-6-4-3-5-7-14/h3-11H,12-13H2,1-2H3/q+1. The Hall–Kier alpha value is -1.87. The third kappa shape index (κ3) is 3.57. The number of pyridine rings is 1. The smallest absolute Gasteiger partial charge is 0.252 e. The molecule has 94 valence electrons. The van der Waals surface area contributed by atoms with Gasteiger partial charge >= 0.3 is 0 Å². The lowest BCUT2D eigenvalue weighted by molar-refractivity contribution is -0.733. The number of benzene rings is 1. The zero-order chi connectivity index (χ0) is 12.8. The van der Waals surface area contributed by atoms with E-state index in [0.29, 0.717) is 13.3 Å². The first-order valence-corrected chi connectivity index (χ1v) is 6.04. The summed E-state index contributed by atoms with van der Waals surface area (Å²) in [7, 11) is 4.07. The van der Waals surface area contributed by atoms with Gasteiger partial charge in [0, 0.05) is 31.9 Å². The molecule has 18 heavy (non-hydrogen) atoms. The van der Waals surface area contributed by atoms with Crippen molar-refractivity contribution in [3.63, 3.8) is 0 Å². The second-order valence-electron chi connectivity index (χ2n) is 4.43. The van der Waals surface area contributed by atoms with Crippen LogP contribution in [0.2, 0.25) is 0 Å². The predicted octanol–water partition coefficient (Wildman–Crippen LogP) is 2.21. The number of aromatic nitrogens is 1. The van der Waals surface area contributed by atoms with Gasteiger partial charge in [-0.05, 0) is 5.56 Å². The van der Waals surface area contributed by atoms with Gasteiger partial charge < -0.3 is 9.64 Å². The molecule has 2 aromatic rings. The maximum Gasteiger partial charge on any atom is 0.252 e. The van der Waals surface area contributed by atoms with E-state index in [1.807, 2.05) is 49.3 Å². The van der Waals surface area contributed by atoms with Crippen LogP contribution in [0.25, 0.3) is 0 Å². The first-order valence-electron chi connectivity index (χ1n) is 6.04. The van der Waals surface area contributed by atoms with E-state index in [4.69, 9.17) is 4.74 Å². The zero-order valence-electron chi connectivity index (χ0n) is 10.9. The molecule has 0 amide bonds. The largest absolute Gasteiger partial charge is 0.377 e. The third-order valence-electron chi connectivity index (χ3n) is 2.74. The van der Waals surface area contributed by atoms with Gasteiger partial charge in [-0.2, -0.15) is 4.57 Å². The molecule has 0 aliphatic carbocycles. The Morgan fingerprint density at radius 3 is 2.28 bits per heavy atom. The second-order valence-corrected chi connectivity index (χ2v) is 4.43. The van der Waals surface area contributed by atoms with Crippen molar-refractivity contribution in [2.24, 2.45) is 0 Å². The summed E-state index contributed by atoms with van der Waals surface area (Å²) in [6, 6.07) is 14.4. The third-order valence-corrected chi connectivity index (χ3v) is 2.74. The van der Waals surface area contributed by atoms with Crippen molar-refractivity contribution in [2.75, 3.05) is 19.0 Å². The fourth-order valence-electron chi connectivity index (χ4n) is 1.68. The molecule has 0 aliphatic rings. The highest BCUT2D eigenvalue weighted by Crippen LogP contribution is 2.06. The zero-order valence-corrected chi connectivity index (χ0v) is 10.9. The van der Waals surface area contributed by atoms with Crippen LogP contribution in [0.1, 0.15) is 5.56 Å². The fraction of sp³-hybridized carbons (Fsp3) is 0.267. The maximum atomic E-state index is 5.66. The molecule has 3 heteroatoms. The molecular weight excluding hydrogens is 224 g/mol. The van der Waals surface area contributed by atoms with Crippen LogP contribution in [0.15, 0.2) is 54.9 Å². The summed E-state index contributed by atoms with van der Waals surface area (Å²) in [6.45, 7) is 1.21. The number of nitrogens with zero attached hydrogens (tertiary/aromatic N) is 2. The van der Waals surface area contributed by atoms with Gasteiger partial charge in [0.2, 0.25) is 0 Å². The molecule has 0 aliphatic heterocycles. The Bertz CT molecular complexity index is 466. The van der Waals surface area contributed by atoms with Crippen LogP contribution in [0.4, 0.5) is 5.69 Å². The number of anilines is 1. The molecule has 0 unspecified atom stereocenters. The topological polar surface area (TPSA) is 16.4 Å². The summed E-state index contributed by atoms with van der Waals surface area (Å²) < 4.78 is 7.68. The van der Waals surface area contributed by atoms with Gasteiger partial charge in [0.1, 0.15) is 0 Å². The quantitative estimate of drug-likeness (QED) is 0.749. The molecule has 2 rings (SSSR count). The van der Waals surface area contributed by atoms with E-state index in [2.05, 4.69) is 29.2 Å². The van der Waals surface area contributed by atoms with E-state index in [1.54, 1.807) is 0 Å². The minimum atomic E-state index is 0.572. The van der Waals surface area contributed by atoms with E-state index in [0.717, 1.165) is 0 Å². The minimum absolute atomic E-state index is 0.572. The number of hydrogen-bond donors (Lipinski definition) is 0. The predicted molar refractivity (Wildman–Crippen MR) is 72.2 cm³/mol. The summed E-state index contributed by atoms with van der Waals surface area (Å²) in [5.41, 5.74) is 2.39. The van der Waals surface area contributed by atoms with Crippen LogP contribution < -0.4 is 9.47 Å². The van der Waals surface area contributed by atoms with Gasteiger partial charge in [-0.25, -0.2) is 0 Å². The molecule has 1 heterocycles. The molecule has 0 bridgehead atoms. The van der Waals surface area contributed by atoms with Crippen LogP contribution in [-0.4, -0.2) is 14.1 Å². The van der Waals surface area contributed by atoms with Crippen LogP contribution in [-0.2, 0) is 18.1 Å². The molecule has 1 aromatic heterocycles. The fourth-order valence-corrected chi connectivity index (χ4v) is 1.68. The van der Waals surface area contributed by atoms with Crippen molar-refractivity contribution in [3.8, 4) is 0 Å². The minimum Gasteiger partial charge on any atom is -0.377 e. The van der Waals surface area contributed by atoms with Gasteiger partial charge in [0.05, 0.1) is 6.61 Å². The average Bonchev–Trinajstić information content (AvgIpc) is 2.40. The lowest BCUT2D eigenvalue weighted by Gasteiger charge is -2.10. The Balaban J connectivity index is 1.83. The van der Waals surface area contributed by atoms with Crippen molar-refractivity contribution in [2.45, 2.75) is 13.3 Å². The Kier molecular flexibility index (Phi) is 4.31. The van der Waals surface area contributed by atoms with E-state index < -0.39 is 0 Å². The van der Waals surface area contributed by atoms with Crippen molar-refractivity contribution in [3.05, 3.63) is 60.4 Å². The molecule has 0 fully saturated rings. The van der Waals surface area contributed by atoms with Crippen molar-refractivity contribution < 1.29 is 9.30 Å². The van der Waals surface area contributed by atoms with Gasteiger partial charge in [0.15, 0.2) is 12.4 Å². The maximum absolute atomic E-state index is 5.66. The average molecular weight is 243 g/mol. The summed E-state index contributed by atoms with van der Waals surface area (Å²) in [6.07, 6.45) is 4.06. The molecule has 0 saturated heterocycles. The SMILES string of the molecule is CN(C)c1cc[n+](COCc2ccccc2)cc1. The highest BCUT2D eigenvalue weighted by molar-refractivity contribution is 5.41. The van der Waals surface area contributed by atoms with Crippen LogP contribution in [0, 0.1) is 0 Å². The van der Waals surface area contributed by atoms with Crippen LogP contribution in [0.3, 0.4) is 0 Å². The first-order chi connectivity index (χ1) is 8.75. The summed E-state index contributed by atoms with van der Waals surface area (Å²) >= 11 is 0. The molecule has 0 N–H and O–H groups in total. The highest BCUT2D eigenvalue weighted by Gasteiger charge is 2.02. The normalized spacial score (nSPS) is 10.3. The van der Waals surface area contributed by atoms with E-state index in [1.165, 1.54) is 11.3 Å². The molecular formula is C15H19N2O+. The van der Waals surface area contributed by atoms with E-state index >= 15 is 0 Å². The molecule has 3 nitrogen and oxygen atoms in total. The lowest BCUT2D eigenvalue weighted by atomic mass is 10.2. The van der Waals surface area contributed by atoms with Crippen LogP contribution in [0.5, 0.6) is 0 Å². The summed E-state index contributed by atoms with van der Waals surface area (Å²) in [5, 5.41) is 0. The van der Waals surface area contributed by atoms with Gasteiger partial charge in [-0.3, -0.25) is 0 Å². The van der Waals surface area contributed by atoms with Gasteiger partial charge in [0.25, 0.3) is 6.73 Å². The second kappa shape index (κ2) is 6.17. The number of hydrogen-bond acceptors (Lipinski definition) is 2. The molecule has 0 atom stereocenters. The van der Waals surface area contributed by atoms with Crippen molar-refractivity contribution in [1.29, 1.82) is 0 Å². The molecule has 0 saturated carbocycles. The van der Waals surface area contributed by atoms with Gasteiger partial charge in [-0.15, -0.1) is 0 Å². The molecule has 1 aromatic carbocycles. The van der Waals surface area contributed by atoms with Gasteiger partial charge in [-0.1, -0.05) is 30.3 Å². The van der Waals surface area contributed by atoms with Crippen molar-refractivity contribution >= 4 is 5.69 Å². The Morgan fingerprint density at radius 1 is 1.00 bits per heavy atom. The Morgan fingerprint density at radius 2 is 1.67 bits per heavy atom. The van der Waals surface area contributed by atoms with Crippen molar-refractivity contribution in [1.82, 2.24) is 0 Å². The summed E-state index contributed by atoms with van der Waals surface area (Å²) in [5.74, 6) is 0. The molecule has 0 radical (unpaired) electrons. The van der Waals surface area contributed by atoms with E-state index in [-0.39, 0.29) is 0 Å². The monoisotopic (exact) mass is 243 g/mol. The Labute approximate surface area is 108 Å². The van der Waals surface area contributed by atoms with Crippen LogP contribution >= 0.6 is 0 Å². The first kappa shape index (κ1) is 12.6. The number of ether oxygens (including phenoxy) is 1. The highest BCUT2D eigenvalue weighted by atomic mass is 16.5. The van der Waals surface area contributed by atoms with E-state index in [9.17, 15) is 0 Å². The molecule has 0 spiro atoms. The number of rotatable bonds is 5. The lowest BCUT2D eigenvalue weighted by Crippen LogP contribution is -2.34. The summed E-state index contributed by atoms with van der Waals surface area (Å²) in [4.78, 5) is 2.08.